The molecule has 0 aromatic carbocycles. The molecule has 0 spiro atoms. The van der Waals surface area contributed by atoms with Crippen molar-refractivity contribution >= 4 is 0 Å². The number of ether oxygens (including phenoxy) is 2. The summed E-state index contributed by atoms with van der Waals surface area (Å²) in [7, 11) is 1.68. The first-order valence-corrected chi connectivity index (χ1v) is 7.02. The van der Waals surface area contributed by atoms with Crippen LogP contribution in [0, 0.1) is 5.92 Å². The van der Waals surface area contributed by atoms with Crippen molar-refractivity contribution in [3.05, 3.63) is 18.0 Å². The molecule has 1 heterocycles. The summed E-state index contributed by atoms with van der Waals surface area (Å²) in [4.78, 5) is 0. The Balaban J connectivity index is 2.09. The van der Waals surface area contributed by atoms with Crippen LogP contribution in [0.4, 0.5) is 0 Å². The SMILES string of the molecule is COCCOCCCn1ccc(CNCC(C)C)n1. The Labute approximate surface area is 116 Å². The van der Waals surface area contributed by atoms with Crippen molar-refractivity contribution in [1.82, 2.24) is 15.1 Å². The minimum atomic E-state index is 0.660. The molecular weight excluding hydrogens is 242 g/mol. The van der Waals surface area contributed by atoms with E-state index >= 15 is 0 Å². The van der Waals surface area contributed by atoms with Crippen LogP contribution in [0.25, 0.3) is 0 Å². The van der Waals surface area contributed by atoms with E-state index in [0.29, 0.717) is 19.1 Å². The Morgan fingerprint density at radius 1 is 1.32 bits per heavy atom. The van der Waals surface area contributed by atoms with E-state index in [2.05, 4.69) is 30.3 Å². The third kappa shape index (κ3) is 7.97. The minimum Gasteiger partial charge on any atom is -0.382 e. The summed E-state index contributed by atoms with van der Waals surface area (Å²) >= 11 is 0. The van der Waals surface area contributed by atoms with E-state index in [-0.39, 0.29) is 0 Å². The van der Waals surface area contributed by atoms with Crippen LogP contribution in [0.1, 0.15) is 26.0 Å². The second kappa shape index (κ2) is 9.95. The highest BCUT2D eigenvalue weighted by Crippen LogP contribution is 1.98. The molecule has 5 heteroatoms. The van der Waals surface area contributed by atoms with Crippen molar-refractivity contribution in [1.29, 1.82) is 0 Å². The fraction of sp³-hybridized carbons (Fsp3) is 0.786. The van der Waals surface area contributed by atoms with Gasteiger partial charge in [0.25, 0.3) is 0 Å². The standard InChI is InChI=1S/C14H27N3O2/c1-13(2)11-15-12-14-5-7-17(16-14)6-4-8-19-10-9-18-3/h5,7,13,15H,4,6,8-12H2,1-3H3. The number of nitrogens with one attached hydrogen (secondary N) is 1. The van der Waals surface area contributed by atoms with E-state index in [4.69, 9.17) is 9.47 Å². The summed E-state index contributed by atoms with van der Waals surface area (Å²) in [5, 5.41) is 7.91. The first-order chi connectivity index (χ1) is 9.22. The molecule has 5 nitrogen and oxygen atoms in total. The van der Waals surface area contributed by atoms with Crippen LogP contribution in [-0.4, -0.2) is 43.3 Å². The minimum absolute atomic E-state index is 0.660. The van der Waals surface area contributed by atoms with Crippen LogP contribution in [0.2, 0.25) is 0 Å². The number of methoxy groups -OCH3 is 1. The highest BCUT2D eigenvalue weighted by molar-refractivity contribution is 4.98. The van der Waals surface area contributed by atoms with Crippen LogP contribution in [0.15, 0.2) is 12.3 Å². The number of aryl methyl sites for hydroxylation is 1. The Morgan fingerprint density at radius 2 is 2.16 bits per heavy atom. The summed E-state index contributed by atoms with van der Waals surface area (Å²) in [6.07, 6.45) is 3.01. The van der Waals surface area contributed by atoms with Crippen LogP contribution in [0.5, 0.6) is 0 Å². The molecule has 1 N–H and O–H groups in total. The van der Waals surface area contributed by atoms with Gasteiger partial charge in [0.1, 0.15) is 0 Å². The summed E-state index contributed by atoms with van der Waals surface area (Å²) < 4.78 is 12.3. The van der Waals surface area contributed by atoms with Gasteiger partial charge in [-0.2, -0.15) is 5.10 Å². The largest absolute Gasteiger partial charge is 0.382 e. The van der Waals surface area contributed by atoms with Crippen molar-refractivity contribution in [3.8, 4) is 0 Å². The van der Waals surface area contributed by atoms with Crippen LogP contribution in [0.3, 0.4) is 0 Å². The van der Waals surface area contributed by atoms with Crippen molar-refractivity contribution < 1.29 is 9.47 Å². The van der Waals surface area contributed by atoms with E-state index in [9.17, 15) is 0 Å². The topological polar surface area (TPSA) is 48.3 Å². The highest BCUT2D eigenvalue weighted by Gasteiger charge is 2.00. The van der Waals surface area contributed by atoms with Gasteiger partial charge >= 0.3 is 0 Å². The second-order valence-electron chi connectivity index (χ2n) is 5.05. The van der Waals surface area contributed by atoms with E-state index in [1.807, 2.05) is 10.9 Å². The third-order valence-electron chi connectivity index (χ3n) is 2.66. The maximum absolute atomic E-state index is 5.42. The molecule has 0 radical (unpaired) electrons. The van der Waals surface area contributed by atoms with E-state index in [1.54, 1.807) is 7.11 Å². The molecule has 0 aliphatic heterocycles. The van der Waals surface area contributed by atoms with Crippen molar-refractivity contribution in [2.45, 2.75) is 33.4 Å². The average molecular weight is 269 g/mol. The van der Waals surface area contributed by atoms with Gasteiger partial charge in [-0.1, -0.05) is 13.8 Å². The van der Waals surface area contributed by atoms with Crippen LogP contribution in [-0.2, 0) is 22.6 Å². The van der Waals surface area contributed by atoms with Gasteiger partial charge in [0.2, 0.25) is 0 Å². The van der Waals surface area contributed by atoms with Gasteiger partial charge in [-0.15, -0.1) is 0 Å². The van der Waals surface area contributed by atoms with Gasteiger partial charge in [-0.25, -0.2) is 0 Å². The molecule has 1 aromatic heterocycles. The molecule has 0 amide bonds. The summed E-state index contributed by atoms with van der Waals surface area (Å²) in [6, 6.07) is 2.07. The lowest BCUT2D eigenvalue weighted by Gasteiger charge is -2.05. The Bertz CT molecular complexity index is 326. The van der Waals surface area contributed by atoms with E-state index in [1.165, 1.54) is 0 Å². The lowest BCUT2D eigenvalue weighted by molar-refractivity contribution is 0.0677. The smallest absolute Gasteiger partial charge is 0.0762 e. The predicted molar refractivity (Wildman–Crippen MR) is 76.1 cm³/mol. The average Bonchev–Trinajstić information content (AvgIpc) is 2.81. The first-order valence-electron chi connectivity index (χ1n) is 7.02. The molecule has 110 valence electrons. The maximum atomic E-state index is 5.42. The lowest BCUT2D eigenvalue weighted by Crippen LogP contribution is -2.19. The first kappa shape index (κ1) is 16.1. The molecule has 0 saturated heterocycles. The molecule has 0 atom stereocenters. The number of nitrogens with zero attached hydrogens (tertiary/aromatic N) is 2. The summed E-state index contributed by atoms with van der Waals surface area (Å²) in [5.41, 5.74) is 1.10. The lowest BCUT2D eigenvalue weighted by atomic mass is 10.2. The van der Waals surface area contributed by atoms with Crippen molar-refractivity contribution in [3.63, 3.8) is 0 Å². The highest BCUT2D eigenvalue weighted by atomic mass is 16.5. The zero-order valence-corrected chi connectivity index (χ0v) is 12.4. The zero-order chi connectivity index (χ0) is 13.9. The monoisotopic (exact) mass is 269 g/mol. The number of hydrogen-bond donors (Lipinski definition) is 1. The Morgan fingerprint density at radius 3 is 2.89 bits per heavy atom. The molecule has 0 bridgehead atoms. The predicted octanol–water partition coefficient (Wildman–Crippen LogP) is 1.68. The van der Waals surface area contributed by atoms with Gasteiger partial charge in [-0.3, -0.25) is 4.68 Å². The normalized spacial score (nSPS) is 11.4. The van der Waals surface area contributed by atoms with Crippen molar-refractivity contribution in [2.75, 3.05) is 33.5 Å². The Hall–Kier alpha value is -0.910. The number of rotatable bonds is 11. The maximum Gasteiger partial charge on any atom is 0.0762 e. The molecule has 0 fully saturated rings. The molecule has 0 saturated carbocycles. The quantitative estimate of drug-likeness (QED) is 0.621. The fourth-order valence-corrected chi connectivity index (χ4v) is 1.68. The van der Waals surface area contributed by atoms with Gasteiger partial charge in [0.15, 0.2) is 0 Å². The Kier molecular flexibility index (Phi) is 8.45. The molecule has 1 aromatic rings. The van der Waals surface area contributed by atoms with E-state index < -0.39 is 0 Å². The molecule has 0 aliphatic carbocycles. The van der Waals surface area contributed by atoms with E-state index in [0.717, 1.165) is 38.4 Å². The number of hydrogen-bond acceptors (Lipinski definition) is 4. The van der Waals surface area contributed by atoms with Gasteiger partial charge in [-0.05, 0) is 24.9 Å². The zero-order valence-electron chi connectivity index (χ0n) is 12.4. The van der Waals surface area contributed by atoms with Gasteiger partial charge in [0, 0.05) is 33.0 Å². The third-order valence-corrected chi connectivity index (χ3v) is 2.66. The number of aromatic nitrogens is 2. The van der Waals surface area contributed by atoms with Crippen LogP contribution < -0.4 is 5.32 Å². The molecule has 0 aliphatic rings. The molecule has 1 rings (SSSR count). The second-order valence-corrected chi connectivity index (χ2v) is 5.05. The molecule has 0 unspecified atom stereocenters. The van der Waals surface area contributed by atoms with Gasteiger partial charge < -0.3 is 14.8 Å². The van der Waals surface area contributed by atoms with Crippen molar-refractivity contribution in [2.24, 2.45) is 5.92 Å². The van der Waals surface area contributed by atoms with Crippen LogP contribution >= 0.6 is 0 Å². The summed E-state index contributed by atoms with van der Waals surface area (Å²) in [6.45, 7) is 9.26. The van der Waals surface area contributed by atoms with Gasteiger partial charge in [0.05, 0.1) is 18.9 Å². The molecule has 19 heavy (non-hydrogen) atoms. The fourth-order valence-electron chi connectivity index (χ4n) is 1.68. The molecular formula is C14H27N3O2. The summed E-state index contributed by atoms with van der Waals surface area (Å²) in [5.74, 6) is 0.673.